The number of carbonyl (C=O) groups is 2. The van der Waals surface area contributed by atoms with Gasteiger partial charge in [0, 0.05) is 30.0 Å². The molecule has 5 nitrogen and oxygen atoms in total. The number of ketones is 1. The van der Waals surface area contributed by atoms with Crippen LogP contribution in [-0.4, -0.2) is 16.7 Å². The van der Waals surface area contributed by atoms with E-state index in [1.807, 2.05) is 55.5 Å². The second-order valence-electron chi connectivity index (χ2n) is 9.94. The van der Waals surface area contributed by atoms with Crippen LogP contribution in [0.15, 0.2) is 66.9 Å². The van der Waals surface area contributed by atoms with Crippen LogP contribution < -0.4 is 11.1 Å². The van der Waals surface area contributed by atoms with Gasteiger partial charge in [-0.2, -0.15) is 0 Å². The summed E-state index contributed by atoms with van der Waals surface area (Å²) in [7, 11) is 0. The zero-order chi connectivity index (χ0) is 24.8. The number of pyridine rings is 1. The Bertz CT molecular complexity index is 1150. The van der Waals surface area contributed by atoms with E-state index in [1.54, 1.807) is 13.1 Å². The van der Waals surface area contributed by atoms with Crippen LogP contribution in [0.25, 0.3) is 22.4 Å². The van der Waals surface area contributed by atoms with Gasteiger partial charge in [0.25, 0.3) is 0 Å². The van der Waals surface area contributed by atoms with E-state index in [4.69, 9.17) is 10.7 Å². The Labute approximate surface area is 208 Å². The molecular formula is C30H35N3O2. The maximum atomic E-state index is 12.8. The van der Waals surface area contributed by atoms with Crippen molar-refractivity contribution in [2.75, 3.05) is 5.32 Å². The second kappa shape index (κ2) is 11.4. The van der Waals surface area contributed by atoms with Crippen molar-refractivity contribution >= 4 is 17.4 Å². The molecule has 0 unspecified atom stereocenters. The molecule has 1 aromatic heterocycles. The SMILES string of the molecule is CC(=O)CC1CCC(CC(=O)Nc2cnc(-c3ccc([C@H](C)N)cc3)c(-c3ccccc3)c2)CC1. The van der Waals surface area contributed by atoms with Gasteiger partial charge in [0.2, 0.25) is 5.91 Å². The molecule has 1 aliphatic carbocycles. The monoisotopic (exact) mass is 469 g/mol. The van der Waals surface area contributed by atoms with E-state index in [9.17, 15) is 9.59 Å². The van der Waals surface area contributed by atoms with E-state index >= 15 is 0 Å². The molecule has 35 heavy (non-hydrogen) atoms. The van der Waals surface area contributed by atoms with E-state index in [-0.39, 0.29) is 17.7 Å². The van der Waals surface area contributed by atoms with Crippen molar-refractivity contribution in [3.63, 3.8) is 0 Å². The summed E-state index contributed by atoms with van der Waals surface area (Å²) >= 11 is 0. The van der Waals surface area contributed by atoms with Crippen molar-refractivity contribution in [2.24, 2.45) is 17.6 Å². The number of nitrogens with zero attached hydrogens (tertiary/aromatic N) is 1. The molecular weight excluding hydrogens is 434 g/mol. The van der Waals surface area contributed by atoms with Gasteiger partial charge < -0.3 is 15.8 Å². The van der Waals surface area contributed by atoms with Gasteiger partial charge in [-0.05, 0) is 68.6 Å². The number of hydrogen-bond donors (Lipinski definition) is 2. The largest absolute Gasteiger partial charge is 0.325 e. The molecule has 1 amide bonds. The van der Waals surface area contributed by atoms with Crippen molar-refractivity contribution in [1.82, 2.24) is 4.98 Å². The van der Waals surface area contributed by atoms with Crippen molar-refractivity contribution in [3.8, 4) is 22.4 Å². The van der Waals surface area contributed by atoms with Gasteiger partial charge in [0.1, 0.15) is 5.78 Å². The van der Waals surface area contributed by atoms with Gasteiger partial charge in [0.05, 0.1) is 17.6 Å². The number of rotatable bonds is 8. The Kier molecular flexibility index (Phi) is 8.09. The first-order valence-electron chi connectivity index (χ1n) is 12.6. The lowest BCUT2D eigenvalue weighted by Crippen LogP contribution is -2.22. The standard InChI is InChI=1S/C30H35N3O2/c1-20(34)16-22-8-10-23(11-9-22)17-29(35)33-27-18-28(25-6-4-3-5-7-25)30(32-19-27)26-14-12-24(13-15-26)21(2)31/h3-7,12-15,18-19,21-23H,8-11,16-17,31H2,1-2H3,(H,33,35)/t21-,22?,23?/m0/s1. The van der Waals surface area contributed by atoms with E-state index < -0.39 is 0 Å². The molecule has 0 saturated heterocycles. The van der Waals surface area contributed by atoms with Gasteiger partial charge in [-0.3, -0.25) is 9.78 Å². The minimum absolute atomic E-state index is 0.0209. The van der Waals surface area contributed by atoms with Crippen LogP contribution in [0.1, 0.15) is 64.0 Å². The summed E-state index contributed by atoms with van der Waals surface area (Å²) in [4.78, 5) is 29.0. The van der Waals surface area contributed by atoms with Gasteiger partial charge in [-0.15, -0.1) is 0 Å². The summed E-state index contributed by atoms with van der Waals surface area (Å²) in [5.41, 5.74) is 11.7. The second-order valence-corrected chi connectivity index (χ2v) is 9.94. The first-order valence-corrected chi connectivity index (χ1v) is 12.6. The number of aromatic nitrogens is 1. The predicted octanol–water partition coefficient (Wildman–Crippen LogP) is 6.55. The topological polar surface area (TPSA) is 85.1 Å². The Hall–Kier alpha value is -3.31. The van der Waals surface area contributed by atoms with E-state index in [1.165, 1.54) is 0 Å². The third kappa shape index (κ3) is 6.64. The molecule has 5 heteroatoms. The summed E-state index contributed by atoms with van der Waals surface area (Å²) in [5, 5.41) is 3.07. The summed E-state index contributed by atoms with van der Waals surface area (Å²) in [5.74, 6) is 1.15. The lowest BCUT2D eigenvalue weighted by atomic mass is 9.78. The first-order chi connectivity index (χ1) is 16.9. The predicted molar refractivity (Wildman–Crippen MR) is 142 cm³/mol. The third-order valence-corrected chi connectivity index (χ3v) is 6.98. The average Bonchev–Trinajstić information content (AvgIpc) is 2.85. The smallest absolute Gasteiger partial charge is 0.224 e. The van der Waals surface area contributed by atoms with Crippen LogP contribution in [0.5, 0.6) is 0 Å². The van der Waals surface area contributed by atoms with Crippen LogP contribution in [-0.2, 0) is 9.59 Å². The molecule has 1 saturated carbocycles. The first kappa shape index (κ1) is 24.8. The Morgan fingerprint density at radius 2 is 1.57 bits per heavy atom. The fourth-order valence-corrected chi connectivity index (χ4v) is 5.07. The average molecular weight is 470 g/mol. The number of amides is 1. The molecule has 0 radical (unpaired) electrons. The van der Waals surface area contributed by atoms with E-state index in [2.05, 4.69) is 17.4 Å². The molecule has 3 aromatic rings. The number of carbonyl (C=O) groups excluding carboxylic acids is 2. The molecule has 4 rings (SSSR count). The maximum Gasteiger partial charge on any atom is 0.224 e. The third-order valence-electron chi connectivity index (χ3n) is 6.98. The quantitative estimate of drug-likeness (QED) is 0.392. The number of nitrogens with two attached hydrogens (primary N) is 1. The Morgan fingerprint density at radius 3 is 2.17 bits per heavy atom. The highest BCUT2D eigenvalue weighted by Gasteiger charge is 2.24. The van der Waals surface area contributed by atoms with Crippen LogP contribution in [0, 0.1) is 11.8 Å². The minimum atomic E-state index is -0.0209. The van der Waals surface area contributed by atoms with Crippen LogP contribution >= 0.6 is 0 Å². The minimum Gasteiger partial charge on any atom is -0.325 e. The molecule has 0 bridgehead atoms. The van der Waals surface area contributed by atoms with Gasteiger partial charge in [-0.25, -0.2) is 0 Å². The molecule has 182 valence electrons. The Balaban J connectivity index is 1.49. The summed E-state index contributed by atoms with van der Waals surface area (Å²) < 4.78 is 0. The molecule has 1 heterocycles. The number of Topliss-reactive ketones (excluding diaryl/α,β-unsaturated/α-hetero) is 1. The number of hydrogen-bond acceptors (Lipinski definition) is 4. The molecule has 1 aliphatic rings. The lowest BCUT2D eigenvalue weighted by molar-refractivity contribution is -0.119. The molecule has 1 atom stereocenters. The maximum absolute atomic E-state index is 12.8. The normalized spacial score (nSPS) is 18.6. The highest BCUT2D eigenvalue weighted by Crippen LogP contribution is 2.35. The molecule has 1 fully saturated rings. The summed E-state index contributed by atoms with van der Waals surface area (Å²) in [6.07, 6.45) is 7.01. The van der Waals surface area contributed by atoms with Crippen LogP contribution in [0.4, 0.5) is 5.69 Å². The fourth-order valence-electron chi connectivity index (χ4n) is 5.07. The molecule has 3 N–H and O–H groups in total. The van der Waals surface area contributed by atoms with Crippen LogP contribution in [0.2, 0.25) is 0 Å². The van der Waals surface area contributed by atoms with Crippen molar-refractivity contribution in [2.45, 2.75) is 58.4 Å². The zero-order valence-electron chi connectivity index (χ0n) is 20.7. The number of anilines is 1. The van der Waals surface area contributed by atoms with E-state index in [0.717, 1.165) is 53.6 Å². The summed E-state index contributed by atoms with van der Waals surface area (Å²) in [6.45, 7) is 3.64. The van der Waals surface area contributed by atoms with Gasteiger partial charge in [0.15, 0.2) is 0 Å². The number of benzene rings is 2. The van der Waals surface area contributed by atoms with Gasteiger partial charge in [-0.1, -0.05) is 54.6 Å². The van der Waals surface area contributed by atoms with Crippen molar-refractivity contribution in [1.29, 1.82) is 0 Å². The van der Waals surface area contributed by atoms with E-state index in [0.29, 0.717) is 30.4 Å². The lowest BCUT2D eigenvalue weighted by Gasteiger charge is -2.27. The molecule has 2 aromatic carbocycles. The summed E-state index contributed by atoms with van der Waals surface area (Å²) in [6, 6.07) is 20.3. The van der Waals surface area contributed by atoms with Crippen LogP contribution in [0.3, 0.4) is 0 Å². The fraction of sp³-hybridized carbons (Fsp3) is 0.367. The number of nitrogens with one attached hydrogen (secondary N) is 1. The highest BCUT2D eigenvalue weighted by molar-refractivity contribution is 5.93. The van der Waals surface area contributed by atoms with Gasteiger partial charge >= 0.3 is 0 Å². The highest BCUT2D eigenvalue weighted by atomic mass is 16.1. The molecule has 0 aliphatic heterocycles. The Morgan fingerprint density at radius 1 is 0.943 bits per heavy atom. The molecule has 0 spiro atoms. The van der Waals surface area contributed by atoms with Crippen molar-refractivity contribution < 1.29 is 9.59 Å². The zero-order valence-corrected chi connectivity index (χ0v) is 20.7. The van der Waals surface area contributed by atoms with Crippen molar-refractivity contribution in [3.05, 3.63) is 72.4 Å².